The Bertz CT molecular complexity index is 425. The van der Waals surface area contributed by atoms with Crippen LogP contribution in [0.3, 0.4) is 0 Å². The molecule has 0 aromatic heterocycles. The van der Waals surface area contributed by atoms with Crippen LogP contribution in [-0.2, 0) is 0 Å². The summed E-state index contributed by atoms with van der Waals surface area (Å²) in [6, 6.07) is 8.12. The lowest BCUT2D eigenvalue weighted by Crippen LogP contribution is -2.37. The zero-order chi connectivity index (χ0) is 11.6. The van der Waals surface area contributed by atoms with Gasteiger partial charge in [-0.2, -0.15) is 5.26 Å². The van der Waals surface area contributed by atoms with Gasteiger partial charge in [-0.15, -0.1) is 0 Å². The molecule has 3 heteroatoms. The van der Waals surface area contributed by atoms with Gasteiger partial charge in [0.05, 0.1) is 11.3 Å². The van der Waals surface area contributed by atoms with Gasteiger partial charge in [0.1, 0.15) is 6.07 Å². The van der Waals surface area contributed by atoms with E-state index in [-0.39, 0.29) is 5.54 Å². The highest BCUT2D eigenvalue weighted by Crippen LogP contribution is 2.24. The fourth-order valence-corrected chi connectivity index (χ4v) is 2.11. The molecule has 84 valence electrons. The number of rotatable bonds is 2. The fraction of sp³-hybridized carbons (Fsp3) is 0.462. The predicted molar refractivity (Wildman–Crippen MR) is 65.4 cm³/mol. The molecular formula is C13H17N3. The summed E-state index contributed by atoms with van der Waals surface area (Å²) in [6.45, 7) is 6.22. The van der Waals surface area contributed by atoms with E-state index in [2.05, 4.69) is 23.6 Å². The quantitative estimate of drug-likeness (QED) is 0.793. The SMILES string of the molecule is Cc1ccc(C#N)c(NC2(C)CCNC2)c1. The van der Waals surface area contributed by atoms with Gasteiger partial charge in [0.15, 0.2) is 0 Å². The van der Waals surface area contributed by atoms with Crippen LogP contribution in [0.1, 0.15) is 24.5 Å². The van der Waals surface area contributed by atoms with Crippen LogP contribution in [0.15, 0.2) is 18.2 Å². The highest BCUT2D eigenvalue weighted by molar-refractivity contribution is 5.60. The molecule has 1 aromatic carbocycles. The van der Waals surface area contributed by atoms with E-state index in [1.807, 2.05) is 25.1 Å². The molecule has 2 N–H and O–H groups in total. The van der Waals surface area contributed by atoms with Gasteiger partial charge in [0.25, 0.3) is 0 Å². The van der Waals surface area contributed by atoms with Gasteiger partial charge in [-0.05, 0) is 44.5 Å². The van der Waals surface area contributed by atoms with Crippen molar-refractivity contribution in [1.82, 2.24) is 5.32 Å². The van der Waals surface area contributed by atoms with E-state index in [9.17, 15) is 0 Å². The molecule has 0 spiro atoms. The van der Waals surface area contributed by atoms with Crippen molar-refractivity contribution in [2.24, 2.45) is 0 Å². The highest BCUT2D eigenvalue weighted by atomic mass is 15.1. The third kappa shape index (κ3) is 2.17. The molecule has 1 aromatic rings. The average Bonchev–Trinajstić information content (AvgIpc) is 2.65. The normalized spacial score (nSPS) is 24.1. The molecule has 2 rings (SSSR count). The molecule has 1 heterocycles. The first kappa shape index (κ1) is 11.0. The largest absolute Gasteiger partial charge is 0.377 e. The fourth-order valence-electron chi connectivity index (χ4n) is 2.11. The van der Waals surface area contributed by atoms with E-state index >= 15 is 0 Å². The Kier molecular flexibility index (Phi) is 2.84. The van der Waals surface area contributed by atoms with Crippen molar-refractivity contribution >= 4 is 5.69 Å². The number of nitrogens with zero attached hydrogens (tertiary/aromatic N) is 1. The molecular weight excluding hydrogens is 198 g/mol. The van der Waals surface area contributed by atoms with Gasteiger partial charge in [0, 0.05) is 12.1 Å². The monoisotopic (exact) mass is 215 g/mol. The topological polar surface area (TPSA) is 47.9 Å². The van der Waals surface area contributed by atoms with Crippen molar-refractivity contribution in [2.75, 3.05) is 18.4 Å². The van der Waals surface area contributed by atoms with Crippen molar-refractivity contribution in [3.63, 3.8) is 0 Å². The van der Waals surface area contributed by atoms with Crippen molar-refractivity contribution < 1.29 is 0 Å². The Morgan fingerprint density at radius 3 is 2.94 bits per heavy atom. The lowest BCUT2D eigenvalue weighted by atomic mass is 10.00. The second-order valence-electron chi connectivity index (χ2n) is 4.77. The summed E-state index contributed by atoms with van der Waals surface area (Å²) < 4.78 is 0. The summed E-state index contributed by atoms with van der Waals surface area (Å²) in [4.78, 5) is 0. The predicted octanol–water partition coefficient (Wildman–Crippen LogP) is 2.03. The summed E-state index contributed by atoms with van der Waals surface area (Å²) in [6.07, 6.45) is 1.09. The van der Waals surface area contributed by atoms with Crippen LogP contribution >= 0.6 is 0 Å². The van der Waals surface area contributed by atoms with Gasteiger partial charge in [-0.3, -0.25) is 0 Å². The second kappa shape index (κ2) is 4.15. The number of nitrogens with one attached hydrogen (secondary N) is 2. The van der Waals surface area contributed by atoms with Gasteiger partial charge in [0.2, 0.25) is 0 Å². The van der Waals surface area contributed by atoms with Gasteiger partial charge >= 0.3 is 0 Å². The minimum Gasteiger partial charge on any atom is -0.377 e. The van der Waals surface area contributed by atoms with Crippen LogP contribution in [0.25, 0.3) is 0 Å². The van der Waals surface area contributed by atoms with E-state index in [4.69, 9.17) is 5.26 Å². The molecule has 1 aliphatic heterocycles. The third-order valence-corrected chi connectivity index (χ3v) is 3.10. The van der Waals surface area contributed by atoms with E-state index in [0.29, 0.717) is 0 Å². The second-order valence-corrected chi connectivity index (χ2v) is 4.77. The van der Waals surface area contributed by atoms with Crippen LogP contribution in [-0.4, -0.2) is 18.6 Å². The lowest BCUT2D eigenvalue weighted by molar-refractivity contribution is 0.567. The molecule has 0 aliphatic carbocycles. The van der Waals surface area contributed by atoms with Crippen LogP contribution in [0.4, 0.5) is 5.69 Å². The molecule has 1 fully saturated rings. The van der Waals surface area contributed by atoms with Crippen molar-refractivity contribution in [3.8, 4) is 6.07 Å². The molecule has 0 saturated carbocycles. The molecule has 0 radical (unpaired) electrons. The maximum atomic E-state index is 9.06. The van der Waals surface area contributed by atoms with E-state index in [1.54, 1.807) is 0 Å². The smallest absolute Gasteiger partial charge is 0.101 e. The first-order valence-corrected chi connectivity index (χ1v) is 5.63. The Morgan fingerprint density at radius 2 is 2.31 bits per heavy atom. The number of benzene rings is 1. The van der Waals surface area contributed by atoms with Crippen LogP contribution in [0.2, 0.25) is 0 Å². The molecule has 1 saturated heterocycles. The van der Waals surface area contributed by atoms with Crippen molar-refractivity contribution in [2.45, 2.75) is 25.8 Å². The molecule has 0 bridgehead atoms. The van der Waals surface area contributed by atoms with Gasteiger partial charge < -0.3 is 10.6 Å². The first-order chi connectivity index (χ1) is 7.63. The number of nitriles is 1. The molecule has 1 unspecified atom stereocenters. The maximum absolute atomic E-state index is 9.06. The van der Waals surface area contributed by atoms with E-state index in [0.717, 1.165) is 30.8 Å². The third-order valence-electron chi connectivity index (χ3n) is 3.10. The van der Waals surface area contributed by atoms with E-state index in [1.165, 1.54) is 5.56 Å². The summed E-state index contributed by atoms with van der Waals surface area (Å²) in [7, 11) is 0. The molecule has 3 nitrogen and oxygen atoms in total. The molecule has 1 aliphatic rings. The standard InChI is InChI=1S/C13H17N3/c1-10-3-4-11(8-14)12(7-10)16-13(2)5-6-15-9-13/h3-4,7,15-16H,5-6,9H2,1-2H3. The molecule has 16 heavy (non-hydrogen) atoms. The average molecular weight is 215 g/mol. The van der Waals surface area contributed by atoms with Crippen molar-refractivity contribution in [3.05, 3.63) is 29.3 Å². The summed E-state index contributed by atoms with van der Waals surface area (Å²) >= 11 is 0. The lowest BCUT2D eigenvalue weighted by Gasteiger charge is -2.26. The van der Waals surface area contributed by atoms with Crippen LogP contribution in [0, 0.1) is 18.3 Å². The van der Waals surface area contributed by atoms with Crippen LogP contribution in [0.5, 0.6) is 0 Å². The summed E-state index contributed by atoms with van der Waals surface area (Å²) in [5, 5.41) is 15.9. The maximum Gasteiger partial charge on any atom is 0.101 e. The molecule has 0 amide bonds. The number of anilines is 1. The summed E-state index contributed by atoms with van der Waals surface area (Å²) in [5.41, 5.74) is 2.92. The first-order valence-electron chi connectivity index (χ1n) is 5.63. The molecule has 1 atom stereocenters. The zero-order valence-electron chi connectivity index (χ0n) is 9.80. The zero-order valence-corrected chi connectivity index (χ0v) is 9.80. The number of hydrogen-bond donors (Lipinski definition) is 2. The van der Waals surface area contributed by atoms with Gasteiger partial charge in [-0.1, -0.05) is 6.07 Å². The highest BCUT2D eigenvalue weighted by Gasteiger charge is 2.28. The minimum absolute atomic E-state index is 0.0688. The van der Waals surface area contributed by atoms with Crippen molar-refractivity contribution in [1.29, 1.82) is 5.26 Å². The summed E-state index contributed by atoms with van der Waals surface area (Å²) in [5.74, 6) is 0. The minimum atomic E-state index is 0.0688. The number of aryl methyl sites for hydroxylation is 1. The Hall–Kier alpha value is -1.53. The number of hydrogen-bond acceptors (Lipinski definition) is 3. The Balaban J connectivity index is 2.26. The Labute approximate surface area is 96.5 Å². The van der Waals surface area contributed by atoms with Gasteiger partial charge in [-0.25, -0.2) is 0 Å². The van der Waals surface area contributed by atoms with E-state index < -0.39 is 0 Å². The Morgan fingerprint density at radius 1 is 1.50 bits per heavy atom. The van der Waals surface area contributed by atoms with Crippen LogP contribution < -0.4 is 10.6 Å².